The van der Waals surface area contributed by atoms with Crippen LogP contribution in [0.15, 0.2) is 16.5 Å². The summed E-state index contributed by atoms with van der Waals surface area (Å²) >= 11 is 0. The maximum absolute atomic E-state index is 12.5. The summed E-state index contributed by atoms with van der Waals surface area (Å²) in [5, 5.41) is 0. The molecule has 0 unspecified atom stereocenters. The Morgan fingerprint density at radius 3 is 2.88 bits per heavy atom. The summed E-state index contributed by atoms with van der Waals surface area (Å²) in [6.45, 7) is 7.46. The van der Waals surface area contributed by atoms with Crippen molar-refractivity contribution in [3.05, 3.63) is 23.7 Å². The highest BCUT2D eigenvalue weighted by atomic mass is 16.5. The molecule has 1 amide bonds. The largest absolute Gasteiger partial charge is 0.465 e. The molecule has 3 rings (SSSR count). The zero-order chi connectivity index (χ0) is 17.2. The number of amides is 1. The molecule has 3 heterocycles. The van der Waals surface area contributed by atoms with Gasteiger partial charge < -0.3 is 14.1 Å². The molecule has 1 aromatic heterocycles. The molecular formula is C19H30N2O3. The lowest BCUT2D eigenvalue weighted by Gasteiger charge is -2.52. The minimum atomic E-state index is -0.0236. The van der Waals surface area contributed by atoms with Crippen molar-refractivity contribution in [2.45, 2.75) is 64.1 Å². The molecule has 24 heavy (non-hydrogen) atoms. The second kappa shape index (κ2) is 7.28. The summed E-state index contributed by atoms with van der Waals surface area (Å²) in [6, 6.07) is 4.49. The molecule has 0 aliphatic carbocycles. The van der Waals surface area contributed by atoms with E-state index in [-0.39, 0.29) is 5.54 Å². The molecule has 0 N–H and O–H groups in total. The number of nitrogens with zero attached hydrogens (tertiary/aromatic N) is 2. The first kappa shape index (κ1) is 17.5. The van der Waals surface area contributed by atoms with E-state index in [0.29, 0.717) is 31.5 Å². The predicted molar refractivity (Wildman–Crippen MR) is 92.7 cm³/mol. The average molecular weight is 334 g/mol. The normalized spacial score (nSPS) is 28.2. The monoisotopic (exact) mass is 334 g/mol. The van der Waals surface area contributed by atoms with E-state index in [1.165, 1.54) is 0 Å². The van der Waals surface area contributed by atoms with Gasteiger partial charge in [0.1, 0.15) is 11.5 Å². The number of ether oxygens (including phenoxy) is 1. The summed E-state index contributed by atoms with van der Waals surface area (Å²) < 4.78 is 11.1. The van der Waals surface area contributed by atoms with Gasteiger partial charge in [-0.25, -0.2) is 0 Å². The van der Waals surface area contributed by atoms with Crippen LogP contribution in [0.3, 0.4) is 0 Å². The van der Waals surface area contributed by atoms with Crippen molar-refractivity contribution in [1.82, 2.24) is 9.80 Å². The summed E-state index contributed by atoms with van der Waals surface area (Å²) in [6.07, 6.45) is 4.94. The van der Waals surface area contributed by atoms with Crippen molar-refractivity contribution < 1.29 is 13.9 Å². The van der Waals surface area contributed by atoms with Gasteiger partial charge >= 0.3 is 0 Å². The van der Waals surface area contributed by atoms with Crippen LogP contribution in [0.5, 0.6) is 0 Å². The van der Waals surface area contributed by atoms with Crippen LogP contribution in [0.4, 0.5) is 0 Å². The molecule has 1 spiro atoms. The summed E-state index contributed by atoms with van der Waals surface area (Å²) in [4.78, 5) is 17.2. The number of carbonyl (C=O) groups is 1. The lowest BCUT2D eigenvalue weighted by molar-refractivity contribution is -0.136. The maximum Gasteiger partial charge on any atom is 0.223 e. The van der Waals surface area contributed by atoms with Gasteiger partial charge in [-0.1, -0.05) is 6.92 Å². The van der Waals surface area contributed by atoms with Crippen LogP contribution >= 0.6 is 0 Å². The Labute approximate surface area is 144 Å². The van der Waals surface area contributed by atoms with E-state index in [4.69, 9.17) is 9.15 Å². The molecule has 0 saturated carbocycles. The Morgan fingerprint density at radius 1 is 1.38 bits per heavy atom. The number of carbonyl (C=O) groups excluding carboxylic acids is 1. The molecule has 5 nitrogen and oxygen atoms in total. The van der Waals surface area contributed by atoms with Crippen LogP contribution in [0.2, 0.25) is 0 Å². The van der Waals surface area contributed by atoms with Crippen LogP contribution in [0.1, 0.15) is 50.5 Å². The molecule has 2 aliphatic heterocycles. The molecule has 0 bridgehead atoms. The molecule has 0 aromatic carbocycles. The number of rotatable bonds is 6. The van der Waals surface area contributed by atoms with Crippen LogP contribution in [0, 0.1) is 6.92 Å². The molecule has 2 aliphatic rings. The van der Waals surface area contributed by atoms with Gasteiger partial charge in [0, 0.05) is 26.1 Å². The van der Waals surface area contributed by atoms with Crippen molar-refractivity contribution in [3.63, 3.8) is 0 Å². The second-order valence-corrected chi connectivity index (χ2v) is 7.15. The van der Waals surface area contributed by atoms with Crippen molar-refractivity contribution in [2.24, 2.45) is 0 Å². The number of piperidine rings is 1. The molecule has 2 fully saturated rings. The fourth-order valence-corrected chi connectivity index (χ4v) is 4.83. The quantitative estimate of drug-likeness (QED) is 0.802. The Balaban J connectivity index is 1.82. The maximum atomic E-state index is 12.5. The molecule has 2 saturated heterocycles. The van der Waals surface area contributed by atoms with Gasteiger partial charge in [-0.15, -0.1) is 0 Å². The fraction of sp³-hybridized carbons (Fsp3) is 0.737. The topological polar surface area (TPSA) is 45.9 Å². The summed E-state index contributed by atoms with van der Waals surface area (Å²) in [7, 11) is 1.71. The van der Waals surface area contributed by atoms with E-state index in [1.807, 2.05) is 13.0 Å². The average Bonchev–Trinajstić information content (AvgIpc) is 3.11. The number of aryl methyl sites for hydroxylation is 1. The lowest BCUT2D eigenvalue weighted by atomic mass is 9.77. The number of methoxy groups -OCH3 is 1. The molecular weight excluding hydrogens is 304 g/mol. The van der Waals surface area contributed by atoms with Crippen molar-refractivity contribution in [2.75, 3.05) is 26.8 Å². The molecule has 5 heteroatoms. The lowest BCUT2D eigenvalue weighted by Crippen LogP contribution is -2.63. The molecule has 0 radical (unpaired) electrons. The van der Waals surface area contributed by atoms with Crippen LogP contribution < -0.4 is 0 Å². The highest BCUT2D eigenvalue weighted by Crippen LogP contribution is 2.43. The van der Waals surface area contributed by atoms with Crippen molar-refractivity contribution in [3.8, 4) is 0 Å². The standard InChI is InChI=1S/C19H30N2O3/c1-4-17-19(10-8-18(22)21(19)12-13-23-3)9-5-11-20(17)14-16-7-6-15(2)24-16/h6-7,17H,4-5,8-14H2,1-3H3/t17-,19+/m0/s1. The smallest absolute Gasteiger partial charge is 0.223 e. The Bertz CT molecular complexity index is 571. The zero-order valence-corrected chi connectivity index (χ0v) is 15.2. The number of furan rings is 1. The third-order valence-corrected chi connectivity index (χ3v) is 5.79. The minimum absolute atomic E-state index is 0.0236. The van der Waals surface area contributed by atoms with Crippen LogP contribution in [0.25, 0.3) is 0 Å². The highest BCUT2D eigenvalue weighted by molar-refractivity contribution is 5.80. The van der Waals surface area contributed by atoms with Crippen molar-refractivity contribution in [1.29, 1.82) is 0 Å². The number of hydrogen-bond donors (Lipinski definition) is 0. The van der Waals surface area contributed by atoms with Gasteiger partial charge in [-0.3, -0.25) is 9.69 Å². The van der Waals surface area contributed by atoms with Crippen LogP contribution in [-0.2, 0) is 16.1 Å². The van der Waals surface area contributed by atoms with Crippen LogP contribution in [-0.4, -0.2) is 54.1 Å². The van der Waals surface area contributed by atoms with E-state index in [1.54, 1.807) is 7.11 Å². The molecule has 134 valence electrons. The third-order valence-electron chi connectivity index (χ3n) is 5.79. The first-order valence-corrected chi connectivity index (χ1v) is 9.19. The Morgan fingerprint density at radius 2 is 2.21 bits per heavy atom. The summed E-state index contributed by atoms with van der Waals surface area (Å²) in [5.41, 5.74) is -0.0236. The minimum Gasteiger partial charge on any atom is -0.465 e. The molecule has 2 atom stereocenters. The summed E-state index contributed by atoms with van der Waals surface area (Å²) in [5.74, 6) is 2.28. The first-order chi connectivity index (χ1) is 11.6. The highest BCUT2D eigenvalue weighted by Gasteiger charge is 2.52. The predicted octanol–water partition coefficient (Wildman–Crippen LogP) is 2.97. The fourth-order valence-electron chi connectivity index (χ4n) is 4.83. The van der Waals surface area contributed by atoms with E-state index < -0.39 is 0 Å². The van der Waals surface area contributed by atoms with E-state index in [2.05, 4.69) is 22.8 Å². The van der Waals surface area contributed by atoms with E-state index in [0.717, 1.165) is 50.3 Å². The number of hydrogen-bond acceptors (Lipinski definition) is 4. The first-order valence-electron chi connectivity index (χ1n) is 9.19. The Kier molecular flexibility index (Phi) is 5.30. The van der Waals surface area contributed by atoms with Gasteiger partial charge in [0.05, 0.1) is 18.7 Å². The van der Waals surface area contributed by atoms with Gasteiger partial charge in [0.25, 0.3) is 0 Å². The van der Waals surface area contributed by atoms with Gasteiger partial charge in [-0.2, -0.15) is 0 Å². The third kappa shape index (κ3) is 3.11. The van der Waals surface area contributed by atoms with E-state index >= 15 is 0 Å². The van der Waals surface area contributed by atoms with Gasteiger partial charge in [-0.05, 0) is 51.3 Å². The SMILES string of the molecule is CC[C@@H]1N(Cc2ccc(C)o2)CCC[C@@]12CCC(=O)N2CCOC. The van der Waals surface area contributed by atoms with E-state index in [9.17, 15) is 4.79 Å². The Hall–Kier alpha value is -1.33. The van der Waals surface area contributed by atoms with Crippen molar-refractivity contribution >= 4 is 5.91 Å². The molecule has 1 aromatic rings. The van der Waals surface area contributed by atoms with Gasteiger partial charge in [0.15, 0.2) is 0 Å². The second-order valence-electron chi connectivity index (χ2n) is 7.15. The number of likely N-dealkylation sites (tertiary alicyclic amines) is 2. The zero-order valence-electron chi connectivity index (χ0n) is 15.2. The van der Waals surface area contributed by atoms with Gasteiger partial charge in [0.2, 0.25) is 5.91 Å².